The molecule has 0 unspecified atom stereocenters. The largest absolute Gasteiger partial charge is 0.497 e. The molecule has 0 fully saturated rings. The highest BCUT2D eigenvalue weighted by molar-refractivity contribution is 9.10. The summed E-state index contributed by atoms with van der Waals surface area (Å²) in [6.45, 7) is 2.58. The number of nitrogens with one attached hydrogen (secondary N) is 1. The van der Waals surface area contributed by atoms with Crippen molar-refractivity contribution < 1.29 is 23.7 Å². The number of nitriles is 1. The fourth-order valence-electron chi connectivity index (χ4n) is 3.47. The quantitative estimate of drug-likeness (QED) is 0.261. The molecule has 0 saturated heterocycles. The Balaban J connectivity index is 1.76. The Hall–Kier alpha value is -3.96. The first-order valence-corrected chi connectivity index (χ1v) is 11.8. The summed E-state index contributed by atoms with van der Waals surface area (Å²) in [7, 11) is 4.65. The Labute approximate surface area is 219 Å². The molecule has 0 heterocycles. The highest BCUT2D eigenvalue weighted by atomic mass is 79.9. The van der Waals surface area contributed by atoms with Crippen molar-refractivity contribution in [3.05, 3.63) is 86.9 Å². The number of nitrogens with zero attached hydrogens (tertiary/aromatic N) is 1. The normalized spacial score (nSPS) is 10.8. The van der Waals surface area contributed by atoms with E-state index in [0.29, 0.717) is 39.6 Å². The number of methoxy groups -OCH3 is 3. The van der Waals surface area contributed by atoms with Gasteiger partial charge in [0, 0.05) is 22.6 Å². The second-order valence-electron chi connectivity index (χ2n) is 7.83. The summed E-state index contributed by atoms with van der Waals surface area (Å²) in [5, 5.41) is 12.4. The number of hydrogen-bond acceptors (Lipinski definition) is 6. The lowest BCUT2D eigenvalue weighted by Crippen LogP contribution is -2.24. The fraction of sp³-hybridized carbons (Fsp3) is 0.214. The third kappa shape index (κ3) is 6.80. The number of halogens is 1. The molecule has 8 heteroatoms. The molecule has 3 aromatic rings. The minimum absolute atomic E-state index is 0.0568. The van der Waals surface area contributed by atoms with Crippen LogP contribution in [0.15, 0.2) is 64.6 Å². The number of amides is 1. The van der Waals surface area contributed by atoms with Gasteiger partial charge in [0.2, 0.25) is 0 Å². The average molecular weight is 551 g/mol. The van der Waals surface area contributed by atoms with Crippen LogP contribution in [0.25, 0.3) is 6.08 Å². The molecular formula is C28H27BrN2O5. The molecule has 1 N–H and O–H groups in total. The van der Waals surface area contributed by atoms with Gasteiger partial charge in [-0.1, -0.05) is 45.8 Å². The van der Waals surface area contributed by atoms with E-state index in [9.17, 15) is 10.1 Å². The van der Waals surface area contributed by atoms with Gasteiger partial charge in [0.15, 0.2) is 11.5 Å². The van der Waals surface area contributed by atoms with Gasteiger partial charge in [-0.15, -0.1) is 0 Å². The minimum atomic E-state index is -0.513. The average Bonchev–Trinajstić information content (AvgIpc) is 2.89. The monoisotopic (exact) mass is 550 g/mol. The first-order chi connectivity index (χ1) is 17.4. The summed E-state index contributed by atoms with van der Waals surface area (Å²) >= 11 is 3.51. The Morgan fingerprint density at radius 3 is 2.44 bits per heavy atom. The summed E-state index contributed by atoms with van der Waals surface area (Å²) in [5.74, 6) is 1.73. The van der Waals surface area contributed by atoms with E-state index in [1.54, 1.807) is 44.6 Å². The Morgan fingerprint density at radius 2 is 1.78 bits per heavy atom. The molecule has 0 radical (unpaired) electrons. The van der Waals surface area contributed by atoms with E-state index in [0.717, 1.165) is 16.7 Å². The second-order valence-corrected chi connectivity index (χ2v) is 8.69. The van der Waals surface area contributed by atoms with Crippen molar-refractivity contribution >= 4 is 27.9 Å². The molecule has 0 bridgehead atoms. The lowest BCUT2D eigenvalue weighted by Gasteiger charge is -2.14. The van der Waals surface area contributed by atoms with Crippen LogP contribution in [0.4, 0.5) is 0 Å². The SMILES string of the molecule is COc1ccc(CNC(=O)/C(C#N)=C/c2cc(OC)c(OCc3cccc(C)c3)cc2Br)c(OC)c1. The van der Waals surface area contributed by atoms with Gasteiger partial charge < -0.3 is 24.3 Å². The molecule has 3 rings (SSSR count). The third-order valence-electron chi connectivity index (χ3n) is 5.36. The van der Waals surface area contributed by atoms with Crippen molar-refractivity contribution in [2.75, 3.05) is 21.3 Å². The number of carbonyl (C=O) groups excluding carboxylic acids is 1. The van der Waals surface area contributed by atoms with E-state index in [2.05, 4.69) is 27.3 Å². The van der Waals surface area contributed by atoms with Gasteiger partial charge in [-0.2, -0.15) is 5.26 Å². The third-order valence-corrected chi connectivity index (χ3v) is 6.05. The first-order valence-electron chi connectivity index (χ1n) is 11.0. The molecule has 0 aromatic heterocycles. The lowest BCUT2D eigenvalue weighted by atomic mass is 10.1. The lowest BCUT2D eigenvalue weighted by molar-refractivity contribution is -0.117. The second kappa shape index (κ2) is 12.7. The van der Waals surface area contributed by atoms with E-state index in [4.69, 9.17) is 18.9 Å². The summed E-state index contributed by atoms with van der Waals surface area (Å²) in [6.07, 6.45) is 1.50. The van der Waals surface area contributed by atoms with Crippen molar-refractivity contribution in [1.82, 2.24) is 5.32 Å². The summed E-state index contributed by atoms with van der Waals surface area (Å²) in [4.78, 5) is 12.8. The predicted octanol–water partition coefficient (Wildman–Crippen LogP) is 5.59. The zero-order valence-electron chi connectivity index (χ0n) is 20.6. The Kier molecular flexibility index (Phi) is 9.37. The Morgan fingerprint density at radius 1 is 1.00 bits per heavy atom. The van der Waals surface area contributed by atoms with Crippen LogP contribution in [0.5, 0.6) is 23.0 Å². The molecule has 0 aliphatic carbocycles. The zero-order chi connectivity index (χ0) is 26.1. The first kappa shape index (κ1) is 26.6. The van der Waals surface area contributed by atoms with E-state index in [-0.39, 0.29) is 12.1 Å². The van der Waals surface area contributed by atoms with E-state index >= 15 is 0 Å². The molecule has 186 valence electrons. The predicted molar refractivity (Wildman–Crippen MR) is 141 cm³/mol. The molecule has 0 spiro atoms. The van der Waals surface area contributed by atoms with Gasteiger partial charge in [-0.05, 0) is 48.4 Å². The van der Waals surface area contributed by atoms with E-state index in [1.807, 2.05) is 31.2 Å². The van der Waals surface area contributed by atoms with E-state index < -0.39 is 5.91 Å². The van der Waals surface area contributed by atoms with Crippen LogP contribution in [0.3, 0.4) is 0 Å². The molecule has 0 saturated carbocycles. The molecule has 7 nitrogen and oxygen atoms in total. The van der Waals surface area contributed by atoms with Crippen LogP contribution in [0.2, 0.25) is 0 Å². The van der Waals surface area contributed by atoms with Crippen molar-refractivity contribution in [1.29, 1.82) is 5.26 Å². The summed E-state index contributed by atoms with van der Waals surface area (Å²) in [6, 6.07) is 18.8. The van der Waals surface area contributed by atoms with Crippen molar-refractivity contribution in [3.63, 3.8) is 0 Å². The molecule has 0 aliphatic rings. The summed E-state index contributed by atoms with van der Waals surface area (Å²) < 4.78 is 22.7. The molecule has 0 aliphatic heterocycles. The maximum absolute atomic E-state index is 12.8. The highest BCUT2D eigenvalue weighted by Crippen LogP contribution is 2.35. The van der Waals surface area contributed by atoms with Crippen LogP contribution in [-0.2, 0) is 17.9 Å². The van der Waals surface area contributed by atoms with E-state index in [1.165, 1.54) is 13.2 Å². The molecule has 1 amide bonds. The molecule has 36 heavy (non-hydrogen) atoms. The topological polar surface area (TPSA) is 89.8 Å². The van der Waals surface area contributed by atoms with Crippen LogP contribution >= 0.6 is 15.9 Å². The van der Waals surface area contributed by atoms with Crippen molar-refractivity contribution in [2.45, 2.75) is 20.1 Å². The standard InChI is InChI=1S/C28H27BrN2O5/c1-18-6-5-7-19(10-18)17-36-27-14-24(29)21(12-26(27)35-4)11-22(15-30)28(32)31-16-20-8-9-23(33-2)13-25(20)34-3/h5-14H,16-17H2,1-4H3,(H,31,32)/b22-11+. The zero-order valence-corrected chi connectivity index (χ0v) is 22.1. The summed E-state index contributed by atoms with van der Waals surface area (Å²) in [5.41, 5.74) is 3.48. The van der Waals surface area contributed by atoms with Crippen LogP contribution < -0.4 is 24.3 Å². The molecular weight excluding hydrogens is 524 g/mol. The van der Waals surface area contributed by atoms with Gasteiger partial charge >= 0.3 is 0 Å². The van der Waals surface area contributed by atoms with Gasteiger partial charge in [0.1, 0.15) is 29.7 Å². The molecule has 3 aromatic carbocycles. The molecule has 0 atom stereocenters. The van der Waals surface area contributed by atoms with Gasteiger partial charge in [-0.3, -0.25) is 4.79 Å². The fourth-order valence-corrected chi connectivity index (χ4v) is 3.91. The number of aryl methyl sites for hydroxylation is 1. The number of hydrogen-bond donors (Lipinski definition) is 1. The van der Waals surface area contributed by atoms with Crippen LogP contribution in [-0.4, -0.2) is 27.2 Å². The minimum Gasteiger partial charge on any atom is -0.497 e. The van der Waals surface area contributed by atoms with Crippen molar-refractivity contribution in [3.8, 4) is 29.1 Å². The van der Waals surface area contributed by atoms with Crippen molar-refractivity contribution in [2.24, 2.45) is 0 Å². The van der Waals surface area contributed by atoms with Gasteiger partial charge in [0.25, 0.3) is 5.91 Å². The van der Waals surface area contributed by atoms with Crippen LogP contribution in [0, 0.1) is 18.3 Å². The number of carbonyl (C=O) groups is 1. The van der Waals surface area contributed by atoms with Gasteiger partial charge in [-0.25, -0.2) is 0 Å². The number of ether oxygens (including phenoxy) is 4. The Bertz CT molecular complexity index is 1310. The van der Waals surface area contributed by atoms with Crippen LogP contribution in [0.1, 0.15) is 22.3 Å². The maximum Gasteiger partial charge on any atom is 0.262 e. The number of rotatable bonds is 10. The smallest absolute Gasteiger partial charge is 0.262 e. The highest BCUT2D eigenvalue weighted by Gasteiger charge is 2.15. The van der Waals surface area contributed by atoms with Gasteiger partial charge in [0.05, 0.1) is 21.3 Å². The number of benzene rings is 3. The maximum atomic E-state index is 12.8.